The zero-order chi connectivity index (χ0) is 21.3. The SMILES string of the molecule is CCOC(=O)COc1ccc2c(c1C)O/C(=C\c1cn(CC)c3ccccc13)C2=O. The maximum atomic E-state index is 12.9. The van der Waals surface area contributed by atoms with Gasteiger partial charge in [0.2, 0.25) is 5.78 Å². The summed E-state index contributed by atoms with van der Waals surface area (Å²) in [6, 6.07) is 11.4. The Morgan fingerprint density at radius 2 is 1.97 bits per heavy atom. The second kappa shape index (κ2) is 8.06. The van der Waals surface area contributed by atoms with E-state index in [2.05, 4.69) is 17.6 Å². The number of ketones is 1. The van der Waals surface area contributed by atoms with Gasteiger partial charge in [0.1, 0.15) is 11.5 Å². The van der Waals surface area contributed by atoms with Crippen molar-refractivity contribution in [2.75, 3.05) is 13.2 Å². The van der Waals surface area contributed by atoms with Crippen LogP contribution in [0.2, 0.25) is 0 Å². The van der Waals surface area contributed by atoms with Gasteiger partial charge in [-0.1, -0.05) is 18.2 Å². The number of hydrogen-bond acceptors (Lipinski definition) is 5. The van der Waals surface area contributed by atoms with Crippen LogP contribution in [0.1, 0.15) is 35.3 Å². The Morgan fingerprint density at radius 3 is 2.73 bits per heavy atom. The summed E-state index contributed by atoms with van der Waals surface area (Å²) >= 11 is 0. The van der Waals surface area contributed by atoms with Gasteiger partial charge in [-0.2, -0.15) is 0 Å². The molecule has 30 heavy (non-hydrogen) atoms. The Bertz CT molecular complexity index is 1170. The molecule has 0 N–H and O–H groups in total. The lowest BCUT2D eigenvalue weighted by Crippen LogP contribution is -2.15. The predicted molar refractivity (Wildman–Crippen MR) is 114 cm³/mol. The van der Waals surface area contributed by atoms with E-state index in [0.717, 1.165) is 23.0 Å². The Kier molecular flexibility index (Phi) is 5.31. The van der Waals surface area contributed by atoms with Crippen LogP contribution >= 0.6 is 0 Å². The predicted octanol–water partition coefficient (Wildman–Crippen LogP) is 4.53. The molecule has 0 radical (unpaired) electrons. The van der Waals surface area contributed by atoms with Gasteiger partial charge in [0.05, 0.1) is 12.2 Å². The Labute approximate surface area is 174 Å². The second-order valence-corrected chi connectivity index (χ2v) is 6.99. The van der Waals surface area contributed by atoms with Crippen molar-refractivity contribution in [2.24, 2.45) is 0 Å². The number of rotatable bonds is 6. The van der Waals surface area contributed by atoms with Crippen LogP contribution < -0.4 is 9.47 Å². The molecule has 6 nitrogen and oxygen atoms in total. The van der Waals surface area contributed by atoms with Crippen LogP contribution in [0.15, 0.2) is 48.4 Å². The normalized spacial score (nSPS) is 14.1. The summed E-state index contributed by atoms with van der Waals surface area (Å²) in [6.07, 6.45) is 3.81. The first-order valence-corrected chi connectivity index (χ1v) is 9.97. The second-order valence-electron chi connectivity index (χ2n) is 6.99. The fourth-order valence-corrected chi connectivity index (χ4v) is 3.66. The zero-order valence-electron chi connectivity index (χ0n) is 17.2. The number of aryl methyl sites for hydroxylation is 1. The molecule has 0 fully saturated rings. The van der Waals surface area contributed by atoms with Gasteiger partial charge < -0.3 is 18.8 Å². The molecule has 0 saturated heterocycles. The maximum absolute atomic E-state index is 12.9. The number of carbonyl (C=O) groups is 2. The van der Waals surface area contributed by atoms with E-state index in [1.807, 2.05) is 24.4 Å². The lowest BCUT2D eigenvalue weighted by Gasteiger charge is -2.10. The van der Waals surface area contributed by atoms with Crippen LogP contribution in [0.5, 0.6) is 11.5 Å². The van der Waals surface area contributed by atoms with Gasteiger partial charge in [-0.3, -0.25) is 4.79 Å². The molecule has 0 atom stereocenters. The van der Waals surface area contributed by atoms with Crippen molar-refractivity contribution in [2.45, 2.75) is 27.3 Å². The summed E-state index contributed by atoms with van der Waals surface area (Å²) in [4.78, 5) is 24.5. The van der Waals surface area contributed by atoms with Crippen molar-refractivity contribution in [1.29, 1.82) is 0 Å². The number of aromatic nitrogens is 1. The molecule has 1 aromatic heterocycles. The van der Waals surface area contributed by atoms with Crippen LogP contribution in [0.4, 0.5) is 0 Å². The summed E-state index contributed by atoms with van der Waals surface area (Å²) in [6.45, 7) is 6.56. The summed E-state index contributed by atoms with van der Waals surface area (Å²) in [5, 5.41) is 1.06. The monoisotopic (exact) mass is 405 g/mol. The number of para-hydroxylation sites is 1. The number of Topliss-reactive ketones (excluding diaryl/α,β-unsaturated/α-hetero) is 1. The standard InChI is InChI=1S/C24H23NO5/c1-4-25-13-16(17-8-6-7-9-19(17)25)12-21-23(27)18-10-11-20(15(3)24(18)30-21)29-14-22(26)28-5-2/h6-13H,4-5,14H2,1-3H3/b21-12-. The van der Waals surface area contributed by atoms with E-state index < -0.39 is 5.97 Å². The van der Waals surface area contributed by atoms with E-state index in [0.29, 0.717) is 29.2 Å². The molecule has 2 aromatic carbocycles. The van der Waals surface area contributed by atoms with Gasteiger partial charge in [-0.05, 0) is 45.0 Å². The quantitative estimate of drug-likeness (QED) is 0.445. The highest BCUT2D eigenvalue weighted by Gasteiger charge is 2.30. The molecule has 3 aromatic rings. The molecule has 6 heteroatoms. The summed E-state index contributed by atoms with van der Waals surface area (Å²) in [7, 11) is 0. The number of benzene rings is 2. The molecule has 0 saturated carbocycles. The van der Waals surface area contributed by atoms with Crippen molar-refractivity contribution >= 4 is 28.7 Å². The van der Waals surface area contributed by atoms with E-state index in [4.69, 9.17) is 14.2 Å². The van der Waals surface area contributed by atoms with Crippen molar-refractivity contribution in [1.82, 2.24) is 4.57 Å². The number of fused-ring (bicyclic) bond motifs is 2. The van der Waals surface area contributed by atoms with E-state index in [-0.39, 0.29) is 18.1 Å². The van der Waals surface area contributed by atoms with Gasteiger partial charge in [0.15, 0.2) is 12.4 Å². The van der Waals surface area contributed by atoms with Gasteiger partial charge in [-0.15, -0.1) is 0 Å². The lowest BCUT2D eigenvalue weighted by atomic mass is 10.1. The first-order valence-electron chi connectivity index (χ1n) is 9.97. The number of nitrogens with zero attached hydrogens (tertiary/aromatic N) is 1. The average molecular weight is 405 g/mol. The van der Waals surface area contributed by atoms with Gasteiger partial charge in [0.25, 0.3) is 0 Å². The lowest BCUT2D eigenvalue weighted by molar-refractivity contribution is -0.145. The zero-order valence-corrected chi connectivity index (χ0v) is 17.2. The van der Waals surface area contributed by atoms with Gasteiger partial charge in [-0.25, -0.2) is 4.79 Å². The van der Waals surface area contributed by atoms with Crippen LogP contribution in [-0.2, 0) is 16.1 Å². The number of allylic oxidation sites excluding steroid dienone is 1. The minimum atomic E-state index is -0.442. The molecule has 1 aliphatic heterocycles. The van der Waals surface area contributed by atoms with Crippen molar-refractivity contribution in [3.63, 3.8) is 0 Å². The van der Waals surface area contributed by atoms with E-state index >= 15 is 0 Å². The summed E-state index contributed by atoms with van der Waals surface area (Å²) in [5.74, 6) is 0.612. The number of hydrogen-bond donors (Lipinski definition) is 0. The van der Waals surface area contributed by atoms with E-state index in [9.17, 15) is 9.59 Å². The van der Waals surface area contributed by atoms with Crippen molar-refractivity contribution in [3.8, 4) is 11.5 Å². The molecule has 4 rings (SSSR count). The Hall–Kier alpha value is -3.54. The third-order valence-corrected chi connectivity index (χ3v) is 5.13. The molecular weight excluding hydrogens is 382 g/mol. The summed E-state index contributed by atoms with van der Waals surface area (Å²) < 4.78 is 18.5. The molecular formula is C24H23NO5. The third kappa shape index (κ3) is 3.45. The molecule has 0 unspecified atom stereocenters. The first kappa shape index (κ1) is 19.8. The van der Waals surface area contributed by atoms with Crippen molar-refractivity contribution < 1.29 is 23.8 Å². The fraction of sp³-hybridized carbons (Fsp3) is 0.250. The molecule has 154 valence electrons. The average Bonchev–Trinajstić information content (AvgIpc) is 3.26. The topological polar surface area (TPSA) is 66.8 Å². The fourth-order valence-electron chi connectivity index (χ4n) is 3.66. The van der Waals surface area contributed by atoms with Crippen LogP contribution in [-0.4, -0.2) is 29.5 Å². The molecule has 0 amide bonds. The maximum Gasteiger partial charge on any atom is 0.344 e. The smallest absolute Gasteiger partial charge is 0.344 e. The molecule has 2 heterocycles. The summed E-state index contributed by atoms with van der Waals surface area (Å²) in [5.41, 5.74) is 3.20. The third-order valence-electron chi connectivity index (χ3n) is 5.13. The molecule has 0 aliphatic carbocycles. The minimum absolute atomic E-state index is 0.168. The minimum Gasteiger partial charge on any atom is -0.481 e. The van der Waals surface area contributed by atoms with Gasteiger partial charge in [0, 0.05) is 34.8 Å². The van der Waals surface area contributed by atoms with Gasteiger partial charge >= 0.3 is 5.97 Å². The largest absolute Gasteiger partial charge is 0.481 e. The number of ether oxygens (including phenoxy) is 3. The highest BCUT2D eigenvalue weighted by atomic mass is 16.6. The van der Waals surface area contributed by atoms with Crippen LogP contribution in [0, 0.1) is 6.92 Å². The molecule has 0 spiro atoms. The highest BCUT2D eigenvalue weighted by Crippen LogP contribution is 2.39. The Balaban J connectivity index is 1.64. The molecule has 0 bridgehead atoms. The highest BCUT2D eigenvalue weighted by molar-refractivity contribution is 6.15. The van der Waals surface area contributed by atoms with Crippen LogP contribution in [0.3, 0.4) is 0 Å². The van der Waals surface area contributed by atoms with Crippen LogP contribution in [0.25, 0.3) is 17.0 Å². The molecule has 1 aliphatic rings. The van der Waals surface area contributed by atoms with E-state index in [1.165, 1.54) is 0 Å². The Morgan fingerprint density at radius 1 is 1.17 bits per heavy atom. The van der Waals surface area contributed by atoms with E-state index in [1.54, 1.807) is 32.1 Å². The number of carbonyl (C=O) groups excluding carboxylic acids is 2. The first-order chi connectivity index (χ1) is 14.5. The number of esters is 1. The van der Waals surface area contributed by atoms with Crippen molar-refractivity contribution in [3.05, 3.63) is 65.0 Å².